The van der Waals surface area contributed by atoms with Crippen molar-refractivity contribution >= 4 is 10.0 Å². The van der Waals surface area contributed by atoms with E-state index in [9.17, 15) is 13.5 Å². The Morgan fingerprint density at radius 3 is 2.47 bits per heavy atom. The van der Waals surface area contributed by atoms with Gasteiger partial charge in [-0.25, -0.2) is 8.42 Å². The van der Waals surface area contributed by atoms with Gasteiger partial charge in [0.05, 0.1) is 11.9 Å². The van der Waals surface area contributed by atoms with Crippen molar-refractivity contribution in [3.05, 3.63) is 23.5 Å². The lowest BCUT2D eigenvalue weighted by Gasteiger charge is -2.33. The van der Waals surface area contributed by atoms with Crippen molar-refractivity contribution in [2.75, 3.05) is 32.4 Å². The number of hydrogen-bond donors (Lipinski definition) is 1. The molecule has 19 heavy (non-hydrogen) atoms. The summed E-state index contributed by atoms with van der Waals surface area (Å²) >= 11 is 0. The Morgan fingerprint density at radius 1 is 1.26 bits per heavy atom. The molecule has 1 fully saturated rings. The van der Waals surface area contributed by atoms with E-state index in [0.717, 1.165) is 5.69 Å². The average molecular weight is 285 g/mol. The highest BCUT2D eigenvalue weighted by atomic mass is 32.2. The lowest BCUT2D eigenvalue weighted by Crippen LogP contribution is -2.47. The number of rotatable bonds is 3. The third-order valence-corrected chi connectivity index (χ3v) is 4.57. The standard InChI is InChI=1S/C12H19N3O3S/c1-10-3-4-12(16)11(13-10)9-14-5-7-15(8-6-14)19(2,17)18/h3-4,16H,5-9H2,1-2H3. The summed E-state index contributed by atoms with van der Waals surface area (Å²) in [5.41, 5.74) is 1.51. The molecule has 0 aromatic carbocycles. The second-order valence-electron chi connectivity index (χ2n) is 4.86. The maximum absolute atomic E-state index is 11.4. The van der Waals surface area contributed by atoms with Crippen LogP contribution in [0.2, 0.25) is 0 Å². The van der Waals surface area contributed by atoms with Crippen molar-refractivity contribution in [3.8, 4) is 5.75 Å². The van der Waals surface area contributed by atoms with E-state index in [2.05, 4.69) is 9.88 Å². The van der Waals surface area contributed by atoms with E-state index >= 15 is 0 Å². The molecule has 0 spiro atoms. The van der Waals surface area contributed by atoms with Gasteiger partial charge >= 0.3 is 0 Å². The summed E-state index contributed by atoms with van der Waals surface area (Å²) < 4.78 is 24.3. The van der Waals surface area contributed by atoms with Gasteiger partial charge in [0.25, 0.3) is 0 Å². The van der Waals surface area contributed by atoms with Gasteiger partial charge < -0.3 is 5.11 Å². The summed E-state index contributed by atoms with van der Waals surface area (Å²) in [6, 6.07) is 3.41. The summed E-state index contributed by atoms with van der Waals surface area (Å²) in [6.07, 6.45) is 1.23. The Hall–Kier alpha value is -1.18. The van der Waals surface area contributed by atoms with Crippen molar-refractivity contribution in [1.82, 2.24) is 14.2 Å². The second kappa shape index (κ2) is 5.44. The van der Waals surface area contributed by atoms with E-state index in [0.29, 0.717) is 38.4 Å². The number of nitrogens with zero attached hydrogens (tertiary/aromatic N) is 3. The molecule has 0 atom stereocenters. The Labute approximate surface area is 113 Å². The number of hydrogen-bond acceptors (Lipinski definition) is 5. The van der Waals surface area contributed by atoms with Crippen LogP contribution in [-0.2, 0) is 16.6 Å². The van der Waals surface area contributed by atoms with Crippen molar-refractivity contribution in [1.29, 1.82) is 0 Å². The van der Waals surface area contributed by atoms with Crippen LogP contribution in [0.4, 0.5) is 0 Å². The quantitative estimate of drug-likeness (QED) is 0.857. The zero-order valence-corrected chi connectivity index (χ0v) is 12.0. The van der Waals surface area contributed by atoms with E-state index in [4.69, 9.17) is 0 Å². The van der Waals surface area contributed by atoms with E-state index in [1.165, 1.54) is 10.6 Å². The highest BCUT2D eigenvalue weighted by molar-refractivity contribution is 7.88. The molecule has 0 aliphatic carbocycles. The number of aromatic hydroxyl groups is 1. The summed E-state index contributed by atoms with van der Waals surface area (Å²) in [4.78, 5) is 6.41. The molecule has 2 heterocycles. The molecule has 1 aliphatic rings. The van der Waals surface area contributed by atoms with Gasteiger partial charge in [0.1, 0.15) is 5.75 Å². The van der Waals surface area contributed by atoms with E-state index in [1.54, 1.807) is 12.1 Å². The fourth-order valence-electron chi connectivity index (χ4n) is 2.15. The fraction of sp³-hybridized carbons (Fsp3) is 0.583. The summed E-state index contributed by atoms with van der Waals surface area (Å²) in [7, 11) is -3.10. The zero-order chi connectivity index (χ0) is 14.0. The van der Waals surface area contributed by atoms with Gasteiger partial charge in [-0.1, -0.05) is 0 Å². The molecule has 7 heteroatoms. The van der Waals surface area contributed by atoms with Crippen LogP contribution in [0.5, 0.6) is 5.75 Å². The third kappa shape index (κ3) is 3.65. The molecule has 0 radical (unpaired) electrons. The van der Waals surface area contributed by atoms with Crippen LogP contribution < -0.4 is 0 Å². The van der Waals surface area contributed by atoms with Gasteiger partial charge in [-0.2, -0.15) is 4.31 Å². The minimum Gasteiger partial charge on any atom is -0.506 e. The average Bonchev–Trinajstić information content (AvgIpc) is 2.33. The summed E-state index contributed by atoms with van der Waals surface area (Å²) in [5, 5.41) is 9.75. The van der Waals surface area contributed by atoms with Crippen LogP contribution in [0.1, 0.15) is 11.4 Å². The monoisotopic (exact) mass is 285 g/mol. The first-order valence-corrected chi connectivity index (χ1v) is 8.04. The highest BCUT2D eigenvalue weighted by Gasteiger charge is 2.23. The van der Waals surface area contributed by atoms with E-state index in [1.807, 2.05) is 6.92 Å². The van der Waals surface area contributed by atoms with E-state index < -0.39 is 10.0 Å². The maximum atomic E-state index is 11.4. The molecule has 1 aromatic rings. The van der Waals surface area contributed by atoms with Crippen LogP contribution in [0.25, 0.3) is 0 Å². The van der Waals surface area contributed by atoms with Gasteiger partial charge in [0, 0.05) is 38.4 Å². The number of aryl methyl sites for hydroxylation is 1. The zero-order valence-electron chi connectivity index (χ0n) is 11.2. The Kier molecular flexibility index (Phi) is 4.07. The molecule has 0 amide bonds. The second-order valence-corrected chi connectivity index (χ2v) is 6.84. The fourth-order valence-corrected chi connectivity index (χ4v) is 2.98. The molecule has 106 valence electrons. The first-order chi connectivity index (χ1) is 8.86. The lowest BCUT2D eigenvalue weighted by atomic mass is 10.2. The van der Waals surface area contributed by atoms with Crippen LogP contribution >= 0.6 is 0 Å². The summed E-state index contributed by atoms with van der Waals surface area (Å²) in [5.74, 6) is 0.191. The van der Waals surface area contributed by atoms with Gasteiger partial charge in [0.15, 0.2) is 0 Å². The predicted octanol–water partition coefficient (Wildman–Crippen LogP) is 0.173. The first kappa shape index (κ1) is 14.2. The predicted molar refractivity (Wildman–Crippen MR) is 72.3 cm³/mol. The van der Waals surface area contributed by atoms with Crippen molar-refractivity contribution in [3.63, 3.8) is 0 Å². The Morgan fingerprint density at radius 2 is 1.89 bits per heavy atom. The largest absolute Gasteiger partial charge is 0.506 e. The highest BCUT2D eigenvalue weighted by Crippen LogP contribution is 2.18. The van der Waals surface area contributed by atoms with Gasteiger partial charge in [-0.05, 0) is 19.1 Å². The maximum Gasteiger partial charge on any atom is 0.211 e. The normalized spacial score (nSPS) is 18.6. The number of pyridine rings is 1. The SMILES string of the molecule is Cc1ccc(O)c(CN2CCN(S(C)(=O)=O)CC2)n1. The molecule has 1 aromatic heterocycles. The molecule has 2 rings (SSSR count). The molecule has 1 aliphatic heterocycles. The molecule has 1 saturated heterocycles. The molecule has 0 unspecified atom stereocenters. The summed E-state index contributed by atoms with van der Waals surface area (Å²) in [6.45, 7) is 4.72. The van der Waals surface area contributed by atoms with Crippen molar-refractivity contribution in [2.24, 2.45) is 0 Å². The first-order valence-electron chi connectivity index (χ1n) is 6.19. The van der Waals surface area contributed by atoms with Gasteiger partial charge in [0.2, 0.25) is 10.0 Å². The minimum atomic E-state index is -3.10. The van der Waals surface area contributed by atoms with E-state index in [-0.39, 0.29) is 5.75 Å². The Bertz CT molecular complexity index is 551. The molecule has 0 bridgehead atoms. The minimum absolute atomic E-state index is 0.191. The van der Waals surface area contributed by atoms with Gasteiger partial charge in [-0.15, -0.1) is 0 Å². The molecule has 0 saturated carbocycles. The molecular formula is C12H19N3O3S. The molecular weight excluding hydrogens is 266 g/mol. The van der Waals surface area contributed by atoms with Crippen LogP contribution in [0.3, 0.4) is 0 Å². The van der Waals surface area contributed by atoms with Crippen LogP contribution in [-0.4, -0.2) is 60.1 Å². The third-order valence-electron chi connectivity index (χ3n) is 3.26. The smallest absolute Gasteiger partial charge is 0.211 e. The van der Waals surface area contributed by atoms with Crippen LogP contribution in [0, 0.1) is 6.92 Å². The number of sulfonamides is 1. The van der Waals surface area contributed by atoms with Crippen molar-refractivity contribution < 1.29 is 13.5 Å². The van der Waals surface area contributed by atoms with Crippen molar-refractivity contribution in [2.45, 2.75) is 13.5 Å². The van der Waals surface area contributed by atoms with Gasteiger partial charge in [-0.3, -0.25) is 9.88 Å². The topological polar surface area (TPSA) is 73.7 Å². The number of piperazine rings is 1. The number of aromatic nitrogens is 1. The Balaban J connectivity index is 1.98. The lowest BCUT2D eigenvalue weighted by molar-refractivity contribution is 0.179. The van der Waals surface area contributed by atoms with Crippen LogP contribution in [0.15, 0.2) is 12.1 Å². The molecule has 1 N–H and O–H groups in total. The molecule has 6 nitrogen and oxygen atoms in total.